The highest BCUT2D eigenvalue weighted by Crippen LogP contribution is 2.18. The van der Waals surface area contributed by atoms with E-state index in [0.717, 1.165) is 25.6 Å². The average molecular weight is 342 g/mol. The van der Waals surface area contributed by atoms with Gasteiger partial charge in [0.05, 0.1) is 18.1 Å². The fourth-order valence-corrected chi connectivity index (χ4v) is 2.83. The molecule has 2 heterocycles. The van der Waals surface area contributed by atoms with Gasteiger partial charge in [-0.15, -0.1) is 0 Å². The molecule has 6 nitrogen and oxygen atoms in total. The first-order valence-corrected chi connectivity index (χ1v) is 8.05. The quantitative estimate of drug-likeness (QED) is 0.785. The Hall–Kier alpha value is -2.80. The lowest BCUT2D eigenvalue weighted by Crippen LogP contribution is -2.26. The number of halogens is 1. The van der Waals surface area contributed by atoms with E-state index < -0.39 is 5.97 Å². The maximum atomic E-state index is 13.7. The van der Waals surface area contributed by atoms with Gasteiger partial charge in [-0.3, -0.25) is 9.88 Å². The number of carboxylic acids is 1. The van der Waals surface area contributed by atoms with Gasteiger partial charge in [0.2, 0.25) is 0 Å². The van der Waals surface area contributed by atoms with Crippen molar-refractivity contribution in [1.29, 1.82) is 0 Å². The fourth-order valence-electron chi connectivity index (χ4n) is 2.83. The minimum absolute atomic E-state index is 0.171. The average Bonchev–Trinajstić information content (AvgIpc) is 3.03. The first kappa shape index (κ1) is 17.0. The Balaban J connectivity index is 1.53. The first-order chi connectivity index (χ1) is 12.1. The van der Waals surface area contributed by atoms with Gasteiger partial charge in [0.25, 0.3) is 0 Å². The van der Waals surface area contributed by atoms with Gasteiger partial charge < -0.3 is 10.4 Å². The van der Waals surface area contributed by atoms with Crippen LogP contribution in [0.25, 0.3) is 6.08 Å². The van der Waals surface area contributed by atoms with Crippen LogP contribution in [0.3, 0.4) is 0 Å². The standard InChI is InChI=1S/C18H19FN4O2/c19-16-4-2-1-3-13(16)11-23-8-7-15(12-23)22-17-10-20-14(9-21-17)5-6-18(24)25/h1-6,9-10,15H,7-8,11-12H2,(H,21,22)(H,24,25)/t15-/m1/s1. The van der Waals surface area contributed by atoms with Crippen LogP contribution in [0.1, 0.15) is 17.7 Å². The van der Waals surface area contributed by atoms with Crippen LogP contribution in [-0.4, -0.2) is 45.1 Å². The molecule has 1 atom stereocenters. The van der Waals surface area contributed by atoms with Crippen LogP contribution < -0.4 is 5.32 Å². The number of anilines is 1. The second-order valence-electron chi connectivity index (χ2n) is 5.95. The molecular formula is C18H19FN4O2. The Bertz CT molecular complexity index is 764. The van der Waals surface area contributed by atoms with Crippen molar-refractivity contribution in [3.63, 3.8) is 0 Å². The van der Waals surface area contributed by atoms with Gasteiger partial charge in [0, 0.05) is 37.3 Å². The SMILES string of the molecule is O=C(O)C=Cc1cnc(N[C@@H]2CCN(Cc3ccccc3F)C2)cn1. The summed E-state index contributed by atoms with van der Waals surface area (Å²) in [4.78, 5) is 21.1. The summed E-state index contributed by atoms with van der Waals surface area (Å²) < 4.78 is 13.7. The van der Waals surface area contributed by atoms with Crippen molar-refractivity contribution in [2.24, 2.45) is 0 Å². The molecule has 1 saturated heterocycles. The summed E-state index contributed by atoms with van der Waals surface area (Å²) in [5, 5.41) is 11.9. The minimum Gasteiger partial charge on any atom is -0.478 e. The van der Waals surface area contributed by atoms with Gasteiger partial charge in [0.1, 0.15) is 11.6 Å². The first-order valence-electron chi connectivity index (χ1n) is 8.05. The Labute approximate surface area is 145 Å². The number of aromatic nitrogens is 2. The molecule has 2 aromatic rings. The van der Waals surface area contributed by atoms with Crippen LogP contribution in [0.5, 0.6) is 0 Å². The van der Waals surface area contributed by atoms with Gasteiger partial charge in [-0.05, 0) is 18.6 Å². The summed E-state index contributed by atoms with van der Waals surface area (Å²) >= 11 is 0. The van der Waals surface area contributed by atoms with Crippen LogP contribution in [0.2, 0.25) is 0 Å². The molecule has 1 aliphatic heterocycles. The number of hydrogen-bond acceptors (Lipinski definition) is 5. The summed E-state index contributed by atoms with van der Waals surface area (Å²) in [5.41, 5.74) is 1.19. The van der Waals surface area contributed by atoms with Gasteiger partial charge in [-0.1, -0.05) is 18.2 Å². The minimum atomic E-state index is -1.02. The summed E-state index contributed by atoms with van der Waals surface area (Å²) in [5.74, 6) is -0.551. The number of benzene rings is 1. The monoisotopic (exact) mass is 342 g/mol. The second-order valence-corrected chi connectivity index (χ2v) is 5.95. The van der Waals surface area contributed by atoms with Crippen molar-refractivity contribution in [3.8, 4) is 0 Å². The largest absolute Gasteiger partial charge is 0.478 e. The molecule has 0 amide bonds. The van der Waals surface area contributed by atoms with Gasteiger partial charge >= 0.3 is 5.97 Å². The predicted octanol–water partition coefficient (Wildman–Crippen LogP) is 2.40. The third kappa shape index (κ3) is 4.84. The highest BCUT2D eigenvalue weighted by atomic mass is 19.1. The molecule has 130 valence electrons. The summed E-state index contributed by atoms with van der Waals surface area (Å²) in [6.07, 6.45) is 6.46. The molecule has 1 aliphatic rings. The van der Waals surface area contributed by atoms with Crippen LogP contribution >= 0.6 is 0 Å². The number of hydrogen-bond donors (Lipinski definition) is 2. The van der Waals surface area contributed by atoms with E-state index in [1.807, 2.05) is 12.1 Å². The molecule has 1 aromatic heterocycles. The van der Waals surface area contributed by atoms with Crippen molar-refractivity contribution in [2.75, 3.05) is 18.4 Å². The van der Waals surface area contributed by atoms with Crippen molar-refractivity contribution >= 4 is 17.9 Å². The van der Waals surface area contributed by atoms with Crippen molar-refractivity contribution in [3.05, 3.63) is 59.8 Å². The van der Waals surface area contributed by atoms with E-state index >= 15 is 0 Å². The van der Waals surface area contributed by atoms with E-state index in [4.69, 9.17) is 5.11 Å². The van der Waals surface area contributed by atoms with Gasteiger partial charge in [-0.25, -0.2) is 14.2 Å². The number of aliphatic carboxylic acids is 1. The highest BCUT2D eigenvalue weighted by molar-refractivity contribution is 5.84. The smallest absolute Gasteiger partial charge is 0.328 e. The molecule has 3 rings (SSSR count). The van der Waals surface area contributed by atoms with E-state index in [9.17, 15) is 9.18 Å². The van der Waals surface area contributed by atoms with E-state index in [1.54, 1.807) is 12.3 Å². The summed E-state index contributed by atoms with van der Waals surface area (Å²) in [7, 11) is 0. The molecule has 7 heteroatoms. The lowest BCUT2D eigenvalue weighted by atomic mass is 10.2. The zero-order valence-electron chi connectivity index (χ0n) is 13.6. The van der Waals surface area contributed by atoms with Crippen molar-refractivity contribution < 1.29 is 14.3 Å². The number of carbonyl (C=O) groups is 1. The Morgan fingerprint density at radius 2 is 2.20 bits per heavy atom. The summed E-state index contributed by atoms with van der Waals surface area (Å²) in [6, 6.07) is 7.06. The normalized spacial score (nSPS) is 17.9. The molecule has 0 saturated carbocycles. The van der Waals surface area contributed by atoms with Gasteiger partial charge in [0.15, 0.2) is 0 Å². The maximum Gasteiger partial charge on any atom is 0.328 e. The number of likely N-dealkylation sites (tertiary alicyclic amines) is 1. The second kappa shape index (κ2) is 7.85. The molecule has 2 N–H and O–H groups in total. The lowest BCUT2D eigenvalue weighted by molar-refractivity contribution is -0.131. The topological polar surface area (TPSA) is 78.3 Å². The molecule has 0 bridgehead atoms. The number of nitrogens with zero attached hydrogens (tertiary/aromatic N) is 3. The molecule has 1 aromatic carbocycles. The number of carboxylic acid groups (broad SMARTS) is 1. The Kier molecular flexibility index (Phi) is 5.35. The highest BCUT2D eigenvalue weighted by Gasteiger charge is 2.23. The lowest BCUT2D eigenvalue weighted by Gasteiger charge is -2.17. The van der Waals surface area contributed by atoms with Crippen LogP contribution in [0, 0.1) is 5.82 Å². The fraction of sp³-hybridized carbons (Fsp3) is 0.278. The number of nitrogens with one attached hydrogen (secondary N) is 1. The van der Waals surface area contributed by atoms with E-state index in [0.29, 0.717) is 23.6 Å². The zero-order valence-corrected chi connectivity index (χ0v) is 13.6. The maximum absolute atomic E-state index is 13.7. The van der Waals surface area contributed by atoms with E-state index in [-0.39, 0.29) is 11.9 Å². The third-order valence-corrected chi connectivity index (χ3v) is 4.04. The predicted molar refractivity (Wildman–Crippen MR) is 92.4 cm³/mol. The molecule has 0 spiro atoms. The van der Waals surface area contributed by atoms with Crippen molar-refractivity contribution in [2.45, 2.75) is 19.0 Å². The van der Waals surface area contributed by atoms with Crippen LogP contribution in [0.15, 0.2) is 42.7 Å². The van der Waals surface area contributed by atoms with Crippen LogP contribution in [0.4, 0.5) is 10.2 Å². The molecule has 0 unspecified atom stereocenters. The number of rotatable bonds is 6. The zero-order chi connectivity index (χ0) is 17.6. The molecule has 1 fully saturated rings. The Morgan fingerprint density at radius 1 is 1.36 bits per heavy atom. The van der Waals surface area contributed by atoms with E-state index in [1.165, 1.54) is 18.3 Å². The van der Waals surface area contributed by atoms with E-state index in [2.05, 4.69) is 20.2 Å². The van der Waals surface area contributed by atoms with Crippen molar-refractivity contribution in [1.82, 2.24) is 14.9 Å². The molecule has 25 heavy (non-hydrogen) atoms. The van der Waals surface area contributed by atoms with Gasteiger partial charge in [-0.2, -0.15) is 0 Å². The summed E-state index contributed by atoms with van der Waals surface area (Å²) in [6.45, 7) is 2.28. The molecule has 0 radical (unpaired) electrons. The molecule has 0 aliphatic carbocycles. The molecular weight excluding hydrogens is 323 g/mol. The van der Waals surface area contributed by atoms with Crippen LogP contribution in [-0.2, 0) is 11.3 Å². The third-order valence-electron chi connectivity index (χ3n) is 4.04. The Morgan fingerprint density at radius 3 is 2.92 bits per heavy atom.